The van der Waals surface area contributed by atoms with E-state index in [1.165, 1.54) is 19.3 Å². The molecule has 2 N–H and O–H groups in total. The number of carbonyl (C=O) groups is 1. The molecular weight excluding hydrogens is 240 g/mol. The summed E-state index contributed by atoms with van der Waals surface area (Å²) < 4.78 is 0. The zero-order chi connectivity index (χ0) is 13.8. The first kappa shape index (κ1) is 13.2. The summed E-state index contributed by atoms with van der Waals surface area (Å²) in [7, 11) is 0. The molecule has 4 saturated carbocycles. The second kappa shape index (κ2) is 4.08. The summed E-state index contributed by atoms with van der Waals surface area (Å²) in [5.74, 6) is 0.953. The summed E-state index contributed by atoms with van der Waals surface area (Å²) in [6.45, 7) is 3.76. The predicted octanol–water partition coefficient (Wildman–Crippen LogP) is 2.98. The van der Waals surface area contributed by atoms with Crippen LogP contribution in [0.2, 0.25) is 0 Å². The molecule has 0 radical (unpaired) electrons. The fraction of sp³-hybridized carbons (Fsp3) is 0.812. The number of aliphatic hydroxyl groups is 1. The third-order valence-electron chi connectivity index (χ3n) is 6.15. The van der Waals surface area contributed by atoms with E-state index >= 15 is 0 Å². The number of rotatable bonds is 3. The van der Waals surface area contributed by atoms with Gasteiger partial charge in [-0.25, -0.2) is 4.79 Å². The molecule has 0 saturated heterocycles. The molecule has 19 heavy (non-hydrogen) atoms. The molecule has 3 atom stereocenters. The Balaban J connectivity index is 2.05. The smallest absolute Gasteiger partial charge is 0.330 e. The summed E-state index contributed by atoms with van der Waals surface area (Å²) in [6, 6.07) is 0. The van der Waals surface area contributed by atoms with Crippen molar-refractivity contribution in [3.8, 4) is 0 Å². The lowest BCUT2D eigenvalue weighted by molar-refractivity contribution is -0.208. The lowest BCUT2D eigenvalue weighted by Crippen LogP contribution is -2.63. The number of carboxylic acids is 1. The SMILES string of the molecule is CCC1(C=C(C)C(=O)O)C2CC3CC(C2)CC1(O)C3. The molecule has 0 aliphatic heterocycles. The van der Waals surface area contributed by atoms with Gasteiger partial charge in [-0.15, -0.1) is 0 Å². The first-order valence-corrected chi connectivity index (χ1v) is 7.55. The zero-order valence-electron chi connectivity index (χ0n) is 11.9. The van der Waals surface area contributed by atoms with E-state index < -0.39 is 11.6 Å². The van der Waals surface area contributed by atoms with Gasteiger partial charge in [0.15, 0.2) is 0 Å². The number of hydrogen-bond donors (Lipinski definition) is 2. The summed E-state index contributed by atoms with van der Waals surface area (Å²) in [5.41, 5.74) is -0.571. The summed E-state index contributed by atoms with van der Waals surface area (Å²) in [4.78, 5) is 11.2. The van der Waals surface area contributed by atoms with Gasteiger partial charge in [-0.1, -0.05) is 13.0 Å². The van der Waals surface area contributed by atoms with Crippen LogP contribution in [0.3, 0.4) is 0 Å². The van der Waals surface area contributed by atoms with Crippen molar-refractivity contribution >= 4 is 5.97 Å². The van der Waals surface area contributed by atoms with E-state index in [-0.39, 0.29) is 5.41 Å². The number of carboxylic acid groups (broad SMARTS) is 1. The van der Waals surface area contributed by atoms with Crippen molar-refractivity contribution in [3.63, 3.8) is 0 Å². The quantitative estimate of drug-likeness (QED) is 0.770. The fourth-order valence-electron chi connectivity index (χ4n) is 5.54. The Morgan fingerprint density at radius 2 is 1.84 bits per heavy atom. The molecule has 4 fully saturated rings. The summed E-state index contributed by atoms with van der Waals surface area (Å²) in [6.07, 6.45) is 8.12. The van der Waals surface area contributed by atoms with E-state index in [0.29, 0.717) is 23.3 Å². The van der Waals surface area contributed by atoms with E-state index in [0.717, 1.165) is 19.3 Å². The Morgan fingerprint density at radius 3 is 2.26 bits per heavy atom. The maximum atomic E-state index is 11.2. The van der Waals surface area contributed by atoms with Gasteiger partial charge < -0.3 is 10.2 Å². The molecule has 4 rings (SSSR count). The van der Waals surface area contributed by atoms with Crippen LogP contribution in [0.4, 0.5) is 0 Å². The van der Waals surface area contributed by atoms with E-state index in [1.807, 2.05) is 6.08 Å². The highest BCUT2D eigenvalue weighted by Crippen LogP contribution is 2.66. The number of hydrogen-bond acceptors (Lipinski definition) is 2. The Kier molecular flexibility index (Phi) is 2.83. The van der Waals surface area contributed by atoms with Crippen molar-refractivity contribution in [2.45, 2.75) is 58.0 Å². The maximum absolute atomic E-state index is 11.2. The Bertz CT molecular complexity index is 425. The van der Waals surface area contributed by atoms with Crippen LogP contribution in [0.5, 0.6) is 0 Å². The maximum Gasteiger partial charge on any atom is 0.330 e. The van der Waals surface area contributed by atoms with Gasteiger partial charge in [0.1, 0.15) is 0 Å². The van der Waals surface area contributed by atoms with Gasteiger partial charge in [-0.2, -0.15) is 0 Å². The monoisotopic (exact) mass is 264 g/mol. The van der Waals surface area contributed by atoms with Crippen LogP contribution in [0.25, 0.3) is 0 Å². The van der Waals surface area contributed by atoms with Crippen LogP contribution in [-0.2, 0) is 4.79 Å². The Hall–Kier alpha value is -0.830. The third kappa shape index (κ3) is 1.70. The lowest BCUT2D eigenvalue weighted by atomic mass is 9.42. The van der Waals surface area contributed by atoms with Gasteiger partial charge in [-0.05, 0) is 63.2 Å². The average Bonchev–Trinajstić information content (AvgIpc) is 2.32. The van der Waals surface area contributed by atoms with Crippen molar-refractivity contribution in [2.75, 3.05) is 0 Å². The van der Waals surface area contributed by atoms with Gasteiger partial charge in [-0.3, -0.25) is 0 Å². The molecule has 0 spiro atoms. The van der Waals surface area contributed by atoms with Crippen LogP contribution in [0.15, 0.2) is 11.6 Å². The fourth-order valence-corrected chi connectivity index (χ4v) is 5.54. The molecule has 0 aromatic rings. The minimum atomic E-state index is -0.856. The minimum absolute atomic E-state index is 0.303. The molecular formula is C16H24O3. The summed E-state index contributed by atoms with van der Waals surface area (Å²) in [5, 5.41) is 20.4. The minimum Gasteiger partial charge on any atom is -0.478 e. The molecule has 3 heteroatoms. The van der Waals surface area contributed by atoms with Crippen LogP contribution < -0.4 is 0 Å². The van der Waals surface area contributed by atoms with Gasteiger partial charge in [0.2, 0.25) is 0 Å². The first-order valence-electron chi connectivity index (χ1n) is 7.55. The van der Waals surface area contributed by atoms with E-state index in [9.17, 15) is 15.0 Å². The third-order valence-corrected chi connectivity index (χ3v) is 6.15. The Labute approximate surface area is 114 Å². The van der Waals surface area contributed by atoms with Crippen LogP contribution in [0, 0.1) is 23.2 Å². The molecule has 3 nitrogen and oxygen atoms in total. The lowest BCUT2D eigenvalue weighted by Gasteiger charge is -2.65. The van der Waals surface area contributed by atoms with Crippen LogP contribution >= 0.6 is 0 Å². The highest BCUT2D eigenvalue weighted by Gasteiger charge is 2.63. The van der Waals surface area contributed by atoms with E-state index in [4.69, 9.17) is 0 Å². The molecule has 0 amide bonds. The highest BCUT2D eigenvalue weighted by atomic mass is 16.4. The normalized spacial score (nSPS) is 48.6. The molecule has 4 bridgehead atoms. The molecule has 0 aromatic carbocycles. The van der Waals surface area contributed by atoms with E-state index in [2.05, 4.69) is 6.92 Å². The van der Waals surface area contributed by atoms with Crippen LogP contribution in [0.1, 0.15) is 52.4 Å². The molecule has 4 aliphatic carbocycles. The average molecular weight is 264 g/mol. The summed E-state index contributed by atoms with van der Waals surface area (Å²) >= 11 is 0. The molecule has 106 valence electrons. The topological polar surface area (TPSA) is 57.5 Å². The van der Waals surface area contributed by atoms with Crippen molar-refractivity contribution in [1.82, 2.24) is 0 Å². The van der Waals surface area contributed by atoms with Crippen molar-refractivity contribution < 1.29 is 15.0 Å². The molecule has 0 heterocycles. The molecule has 3 unspecified atom stereocenters. The molecule has 0 aromatic heterocycles. The second-order valence-corrected chi connectivity index (χ2v) is 7.10. The zero-order valence-corrected chi connectivity index (χ0v) is 11.9. The number of aliphatic carboxylic acids is 1. The van der Waals surface area contributed by atoms with Gasteiger partial charge in [0.25, 0.3) is 0 Å². The predicted molar refractivity (Wildman–Crippen MR) is 72.6 cm³/mol. The van der Waals surface area contributed by atoms with Crippen LogP contribution in [-0.4, -0.2) is 21.8 Å². The highest BCUT2D eigenvalue weighted by molar-refractivity contribution is 5.86. The first-order chi connectivity index (χ1) is 8.90. The van der Waals surface area contributed by atoms with Crippen molar-refractivity contribution in [1.29, 1.82) is 0 Å². The van der Waals surface area contributed by atoms with Gasteiger partial charge in [0.05, 0.1) is 5.60 Å². The molecule has 4 aliphatic rings. The van der Waals surface area contributed by atoms with Crippen molar-refractivity contribution in [3.05, 3.63) is 11.6 Å². The standard InChI is InChI=1S/C16H24O3/c1-3-15(7-10(2)14(17)18)13-5-11-4-12(6-13)9-16(15,19)8-11/h7,11-13,19H,3-6,8-9H2,1-2H3,(H,17,18). The van der Waals surface area contributed by atoms with Crippen molar-refractivity contribution in [2.24, 2.45) is 23.2 Å². The Morgan fingerprint density at radius 1 is 1.26 bits per heavy atom. The second-order valence-electron chi connectivity index (χ2n) is 7.10. The largest absolute Gasteiger partial charge is 0.478 e. The van der Waals surface area contributed by atoms with Gasteiger partial charge in [0, 0.05) is 11.0 Å². The van der Waals surface area contributed by atoms with E-state index in [1.54, 1.807) is 6.92 Å². The van der Waals surface area contributed by atoms with Gasteiger partial charge >= 0.3 is 5.97 Å².